The Balaban J connectivity index is 0.650. The van der Waals surface area contributed by atoms with Gasteiger partial charge >= 0.3 is 18.1 Å². The number of carbonyl (C=O) groups is 10. The van der Waals surface area contributed by atoms with Gasteiger partial charge in [0.25, 0.3) is 5.91 Å². The average molecular weight is 1580 g/mol. The van der Waals surface area contributed by atoms with Crippen molar-refractivity contribution in [3.63, 3.8) is 0 Å². The lowest BCUT2D eigenvalue weighted by molar-refractivity contribution is -0.156. The minimum Gasteiger partial charge on any atom is -0.495 e. The van der Waals surface area contributed by atoms with Crippen molar-refractivity contribution in [3.05, 3.63) is 145 Å². The van der Waals surface area contributed by atoms with E-state index in [1.165, 1.54) is 88.7 Å². The summed E-state index contributed by atoms with van der Waals surface area (Å²) in [7, 11) is 2.82. The monoisotopic (exact) mass is 1580 g/mol. The van der Waals surface area contributed by atoms with E-state index in [4.69, 9.17) is 66.8 Å². The Morgan fingerprint density at radius 1 is 0.793 bits per heavy atom. The SMILES string of the molecule is COc1cc(C(=O)NCCOCCOCCOCCOCCC(=O)N[C@@H](C(=O)N[C@@H](CCCNC(N)=O)C(=O)Nc2ccc(COC(=O)NC3=C(C)C(=O)C4=C(C3=O)[C@@H](COC(C)=O)[C@@]3(OC)[C@H]5N[C@H]5CN43)cc2)C(C)C)ccc1NC(=O)[C@@H]1N[C@@H](CC(C)(C)C)[C@](C#N)(c2ccc(Cl)cc2F)[C@H]1c1cccc(Cl)c1F. The Morgan fingerprint density at radius 2 is 1.48 bits per heavy atom. The Morgan fingerprint density at radius 3 is 2.11 bits per heavy atom. The van der Waals surface area contributed by atoms with Gasteiger partial charge in [-0.15, -0.1) is 0 Å². The summed E-state index contributed by atoms with van der Waals surface area (Å²) < 4.78 is 77.2. The number of Topliss-reactive ketones (excluding diaryl/α,β-unsaturated/α-hetero) is 2. The maximum absolute atomic E-state index is 16.2. The summed E-state index contributed by atoms with van der Waals surface area (Å²) in [6.07, 6.45) is -0.590. The van der Waals surface area contributed by atoms with Crippen molar-refractivity contribution in [2.24, 2.45) is 23.0 Å². The molecule has 0 unspecified atom stereocenters. The molecule has 4 aromatic rings. The van der Waals surface area contributed by atoms with Gasteiger partial charge in [-0.25, -0.2) is 18.4 Å². The molecule has 11 N–H and O–H groups in total. The Kier molecular flexibility index (Phi) is 29.2. The number of allylic oxidation sites excluding steroid dienone is 2. The van der Waals surface area contributed by atoms with Gasteiger partial charge in [0.2, 0.25) is 35.2 Å². The number of nitriles is 1. The van der Waals surface area contributed by atoms with Gasteiger partial charge in [-0.05, 0) is 97.2 Å². The van der Waals surface area contributed by atoms with Crippen LogP contribution in [0.3, 0.4) is 0 Å². The van der Waals surface area contributed by atoms with Crippen LogP contribution in [0, 0.1) is 40.2 Å². The zero-order valence-electron chi connectivity index (χ0n) is 63.1. The quantitative estimate of drug-likeness (QED) is 0.0103. The van der Waals surface area contributed by atoms with Crippen molar-refractivity contribution in [3.8, 4) is 11.8 Å². The lowest BCUT2D eigenvalue weighted by atomic mass is 9.62. The molecule has 4 aromatic carbocycles. The number of benzene rings is 4. The second-order valence-electron chi connectivity index (χ2n) is 28.8. The third-order valence-electron chi connectivity index (χ3n) is 19.7. The van der Waals surface area contributed by atoms with Gasteiger partial charge in [-0.3, -0.25) is 43.7 Å². The highest BCUT2D eigenvalue weighted by molar-refractivity contribution is 6.31. The fourth-order valence-corrected chi connectivity index (χ4v) is 14.8. The van der Waals surface area contributed by atoms with Gasteiger partial charge in [-0.2, -0.15) is 5.26 Å². The molecule has 0 radical (unpaired) electrons. The minimum atomic E-state index is -1.85. The van der Waals surface area contributed by atoms with E-state index in [0.29, 0.717) is 17.8 Å². The normalized spacial score (nSPS) is 21.5. The van der Waals surface area contributed by atoms with Gasteiger partial charge in [0, 0.05) is 91.1 Å². The molecular weight excluding hydrogens is 1490 g/mol. The number of amides is 8. The van der Waals surface area contributed by atoms with Gasteiger partial charge in [-0.1, -0.05) is 88.2 Å². The third-order valence-corrected chi connectivity index (χ3v) is 20.3. The number of ether oxygens (including phenoxy) is 8. The molecule has 30 nitrogen and oxygen atoms in total. The molecule has 5 aliphatic rings. The molecule has 0 bridgehead atoms. The number of hydrogen-bond acceptors (Lipinski definition) is 22. The fourth-order valence-electron chi connectivity index (χ4n) is 14.5. The van der Waals surface area contributed by atoms with E-state index in [2.05, 4.69) is 53.9 Å². The van der Waals surface area contributed by atoms with Crippen molar-refractivity contribution in [2.45, 2.75) is 134 Å². The predicted octanol–water partition coefficient (Wildman–Crippen LogP) is 6.24. The number of primary amides is 1. The van der Waals surface area contributed by atoms with E-state index in [9.17, 15) is 53.2 Å². The maximum Gasteiger partial charge on any atom is 0.412 e. The van der Waals surface area contributed by atoms with E-state index >= 15 is 8.78 Å². The number of nitrogens with zero attached hydrogens (tertiary/aromatic N) is 2. The molecule has 10 atom stereocenters. The summed E-state index contributed by atoms with van der Waals surface area (Å²) in [5, 5.41) is 36.3. The van der Waals surface area contributed by atoms with Crippen LogP contribution in [-0.2, 0) is 78.7 Å². The topological polar surface area (TPSA) is 416 Å². The maximum atomic E-state index is 16.2. The number of carbonyl (C=O) groups excluding carboxylic acids is 10. The molecule has 8 amide bonds. The summed E-state index contributed by atoms with van der Waals surface area (Å²) in [5.41, 5.74) is 2.65. The molecule has 0 saturated carbocycles. The summed E-state index contributed by atoms with van der Waals surface area (Å²) in [6, 6.07) is 15.6. The number of methoxy groups -OCH3 is 2. The van der Waals surface area contributed by atoms with E-state index in [1.807, 2.05) is 20.8 Å². The van der Waals surface area contributed by atoms with Crippen molar-refractivity contribution >= 4 is 93.8 Å². The first-order chi connectivity index (χ1) is 52.9. The van der Waals surface area contributed by atoms with E-state index < -0.39 is 129 Å². The zero-order valence-corrected chi connectivity index (χ0v) is 64.6. The minimum absolute atomic E-state index is 0.00237. The molecule has 598 valence electrons. The van der Waals surface area contributed by atoms with Crippen LogP contribution in [0.15, 0.2) is 101 Å². The van der Waals surface area contributed by atoms with Crippen molar-refractivity contribution in [2.75, 3.05) is 104 Å². The number of nitrogens with one attached hydrogen (secondary N) is 9. The Bertz CT molecular complexity index is 4270. The van der Waals surface area contributed by atoms with Crippen LogP contribution in [0.4, 0.5) is 29.7 Å². The molecule has 3 saturated heterocycles. The van der Waals surface area contributed by atoms with Crippen LogP contribution in [0.1, 0.15) is 107 Å². The first-order valence-corrected chi connectivity index (χ1v) is 37.0. The van der Waals surface area contributed by atoms with E-state index in [1.54, 1.807) is 30.9 Å². The molecule has 0 aromatic heterocycles. The summed E-state index contributed by atoms with van der Waals surface area (Å²) in [6.45, 7) is 13.3. The molecule has 9 rings (SSSR count). The smallest absolute Gasteiger partial charge is 0.412 e. The Labute approximate surface area is 650 Å². The number of fused-ring (bicyclic) bond motifs is 4. The summed E-state index contributed by atoms with van der Waals surface area (Å²) in [4.78, 5) is 135. The largest absolute Gasteiger partial charge is 0.495 e. The molecule has 4 aliphatic heterocycles. The third kappa shape index (κ3) is 20.3. The predicted molar refractivity (Wildman–Crippen MR) is 400 cm³/mol. The van der Waals surface area contributed by atoms with Crippen molar-refractivity contribution in [1.82, 2.24) is 42.1 Å². The molecule has 3 fully saturated rings. The van der Waals surface area contributed by atoms with E-state index in [0.717, 1.165) is 6.07 Å². The number of urea groups is 1. The van der Waals surface area contributed by atoms with E-state index in [-0.39, 0.29) is 178 Å². The zero-order chi connectivity index (χ0) is 80.6. The molecule has 34 heteroatoms. The molecule has 0 spiro atoms. The first kappa shape index (κ1) is 85.3. The Hall–Kier alpha value is -9.69. The highest BCUT2D eigenvalue weighted by Gasteiger charge is 2.73. The van der Waals surface area contributed by atoms with Crippen LogP contribution in [-0.4, -0.2) is 199 Å². The molecule has 4 heterocycles. The van der Waals surface area contributed by atoms with Crippen LogP contribution in [0.25, 0.3) is 0 Å². The lowest BCUT2D eigenvalue weighted by Gasteiger charge is -2.39. The number of piperazine rings is 1. The van der Waals surface area contributed by atoms with Crippen LogP contribution in [0.2, 0.25) is 10.0 Å². The van der Waals surface area contributed by atoms with Gasteiger partial charge in [0.05, 0.1) is 106 Å². The number of nitrogens with two attached hydrogens (primary N) is 1. The summed E-state index contributed by atoms with van der Waals surface area (Å²) >= 11 is 12.5. The molecule has 1 aliphatic carbocycles. The van der Waals surface area contributed by atoms with Crippen molar-refractivity contribution in [1.29, 1.82) is 5.26 Å². The first-order valence-electron chi connectivity index (χ1n) is 36.3. The van der Waals surface area contributed by atoms with Gasteiger partial charge < -0.3 is 91.1 Å². The lowest BCUT2D eigenvalue weighted by Crippen LogP contribution is -2.55. The number of halogens is 4. The van der Waals surface area contributed by atoms with Gasteiger partial charge in [0.1, 0.15) is 48.1 Å². The second-order valence-corrected chi connectivity index (χ2v) is 29.7. The highest BCUT2D eigenvalue weighted by Crippen LogP contribution is 2.57. The second kappa shape index (κ2) is 38.0. The number of anilines is 2. The standard InChI is InChI=1S/C77H94Cl2F2N12O18/c1-41(2)62(71(100)89-54(14-11-24-85-73(83)102)70(99)86-47-19-15-44(16-20-47)38-111-74(103)92-63-42(3)66(96)65-59(67(63)97)50(39-110-43(4)94)77(105-9)68-55(87-68)37-93(65)77)91-58(95)23-26-106-28-30-108-32-33-109-31-29-107-27-25-84-69(98)45-17-22-53(56(34-45)104-8)88-72(101)64-60(48-12-10-13-51(79)61(48)81)76(40-82,57(90-64)36-75(5,6)7)49-21-18-46(78)35-52(49)80/h10,12-13,15-22,34-35,41,50,54-55,57,60,62,64,68,87,90H,11,14,23-33,36-39H2,1-9H3,(H,84,98)(H,86,99)(H,88,101)(H,89,100)(H,91,95)(H,92,103)(H3,83,85,102)/t50-,54+,55+,57+,60+,62-,64-,68+,76+,77-/m1/s1. The fraction of sp³-hybridized carbons (Fsp3) is 0.494. The number of hydrogen-bond donors (Lipinski definition) is 10. The number of ketones is 2. The molecule has 111 heavy (non-hydrogen) atoms. The van der Waals surface area contributed by atoms with Crippen LogP contribution in [0.5, 0.6) is 5.75 Å². The molecular formula is C77H94Cl2F2N12O18. The number of rotatable bonds is 38. The number of alkyl carbamates (subject to hydrolysis) is 1. The average Bonchev–Trinajstić information content (AvgIpc) is 1.50. The van der Waals surface area contributed by atoms with Crippen LogP contribution < -0.4 is 58.3 Å². The van der Waals surface area contributed by atoms with Crippen LogP contribution >= 0.6 is 23.2 Å². The van der Waals surface area contributed by atoms with Gasteiger partial charge in [0.15, 0.2) is 5.72 Å². The van der Waals surface area contributed by atoms with Crippen molar-refractivity contribution < 1.29 is 94.6 Å². The summed E-state index contributed by atoms with van der Waals surface area (Å²) in [5.74, 6) is -8.79. The highest BCUT2D eigenvalue weighted by atomic mass is 35.5. The number of esters is 1.